The van der Waals surface area contributed by atoms with Gasteiger partial charge in [-0.3, -0.25) is 15.5 Å². The lowest BCUT2D eigenvalue weighted by Crippen LogP contribution is -2.15. The fourth-order valence-electron chi connectivity index (χ4n) is 1.09. The Bertz CT molecular complexity index is 468. The number of nitrogens with one attached hydrogen (secondary N) is 1. The number of non-ortho nitro benzene ring substituents is 1. The Morgan fingerprint density at radius 3 is 2.56 bits per heavy atom. The molecule has 0 heterocycles. The minimum Gasteiger partial charge on any atom is -0.461 e. The van der Waals surface area contributed by atoms with Crippen LogP contribution in [0, 0.1) is 10.1 Å². The number of nitro groups is 1. The average molecular weight is 251 g/mol. The predicted molar refractivity (Wildman–Crippen MR) is 66.5 cm³/mol. The van der Waals surface area contributed by atoms with Crippen molar-refractivity contribution >= 4 is 23.1 Å². The van der Waals surface area contributed by atoms with E-state index in [4.69, 9.17) is 4.74 Å². The molecule has 0 aliphatic heterocycles. The summed E-state index contributed by atoms with van der Waals surface area (Å²) in [5.74, 6) is -0.507. The number of benzene rings is 1. The second-order valence-corrected chi connectivity index (χ2v) is 3.33. The van der Waals surface area contributed by atoms with Crippen LogP contribution in [0.5, 0.6) is 0 Å². The smallest absolute Gasteiger partial charge is 0.354 e. The van der Waals surface area contributed by atoms with Gasteiger partial charge in [0.15, 0.2) is 0 Å². The zero-order chi connectivity index (χ0) is 13.5. The highest BCUT2D eigenvalue weighted by Crippen LogP contribution is 2.15. The van der Waals surface area contributed by atoms with Crippen molar-refractivity contribution in [2.24, 2.45) is 5.10 Å². The summed E-state index contributed by atoms with van der Waals surface area (Å²) in [6.07, 6.45) is 0. The zero-order valence-corrected chi connectivity index (χ0v) is 10.0. The Hall–Kier alpha value is -2.44. The van der Waals surface area contributed by atoms with Crippen molar-refractivity contribution < 1.29 is 14.5 Å². The van der Waals surface area contributed by atoms with E-state index in [1.807, 2.05) is 0 Å². The number of carbonyl (C=O) groups is 1. The number of rotatable bonds is 5. The highest BCUT2D eigenvalue weighted by molar-refractivity contribution is 6.35. The van der Waals surface area contributed by atoms with Gasteiger partial charge in [-0.2, -0.15) is 5.10 Å². The first kappa shape index (κ1) is 13.6. The highest BCUT2D eigenvalue weighted by Gasteiger charge is 2.06. The van der Waals surface area contributed by atoms with Gasteiger partial charge in [0.1, 0.15) is 5.71 Å². The molecule has 0 fully saturated rings. The molecule has 1 aromatic rings. The molecule has 0 aliphatic carbocycles. The van der Waals surface area contributed by atoms with Crippen LogP contribution < -0.4 is 5.43 Å². The SMILES string of the molecule is CCOC(=O)/C(C)=N\Nc1ccc([N+](=O)[O-])cc1. The molecule has 0 aliphatic rings. The van der Waals surface area contributed by atoms with E-state index in [-0.39, 0.29) is 18.0 Å². The van der Waals surface area contributed by atoms with E-state index in [0.717, 1.165) is 0 Å². The maximum Gasteiger partial charge on any atom is 0.354 e. The molecule has 7 heteroatoms. The number of anilines is 1. The minimum atomic E-state index is -0.507. The van der Waals surface area contributed by atoms with Crippen LogP contribution in [-0.4, -0.2) is 23.2 Å². The van der Waals surface area contributed by atoms with Gasteiger partial charge in [-0.05, 0) is 26.0 Å². The van der Waals surface area contributed by atoms with Gasteiger partial charge in [-0.1, -0.05) is 0 Å². The van der Waals surface area contributed by atoms with E-state index in [1.54, 1.807) is 6.92 Å². The van der Waals surface area contributed by atoms with Gasteiger partial charge < -0.3 is 4.74 Å². The summed E-state index contributed by atoms with van der Waals surface area (Å²) in [6.45, 7) is 3.49. The molecule has 0 radical (unpaired) electrons. The monoisotopic (exact) mass is 251 g/mol. The Morgan fingerprint density at radius 2 is 2.06 bits per heavy atom. The summed E-state index contributed by atoms with van der Waals surface area (Å²) >= 11 is 0. The van der Waals surface area contributed by atoms with Gasteiger partial charge in [0.05, 0.1) is 17.2 Å². The third kappa shape index (κ3) is 3.85. The Balaban J connectivity index is 2.65. The lowest BCUT2D eigenvalue weighted by atomic mass is 10.3. The number of esters is 1. The molecule has 96 valence electrons. The number of carbonyl (C=O) groups excluding carboxylic acids is 1. The summed E-state index contributed by atoms with van der Waals surface area (Å²) in [5.41, 5.74) is 3.33. The van der Waals surface area contributed by atoms with Crippen LogP contribution in [0.3, 0.4) is 0 Å². The van der Waals surface area contributed by atoms with Gasteiger partial charge in [0.2, 0.25) is 0 Å². The summed E-state index contributed by atoms with van der Waals surface area (Å²) in [7, 11) is 0. The Labute approximate surface area is 104 Å². The summed E-state index contributed by atoms with van der Waals surface area (Å²) < 4.78 is 4.74. The van der Waals surface area contributed by atoms with Crippen LogP contribution in [0.4, 0.5) is 11.4 Å². The van der Waals surface area contributed by atoms with Gasteiger partial charge in [-0.15, -0.1) is 0 Å². The molecule has 0 saturated carbocycles. The highest BCUT2D eigenvalue weighted by atomic mass is 16.6. The lowest BCUT2D eigenvalue weighted by Gasteiger charge is -2.02. The normalized spacial score (nSPS) is 10.9. The van der Waals surface area contributed by atoms with Crippen molar-refractivity contribution in [1.29, 1.82) is 0 Å². The molecular formula is C11H13N3O4. The number of ether oxygens (including phenoxy) is 1. The molecular weight excluding hydrogens is 238 g/mol. The minimum absolute atomic E-state index is 0.00774. The molecule has 0 bridgehead atoms. The van der Waals surface area contributed by atoms with E-state index in [9.17, 15) is 14.9 Å². The fourth-order valence-corrected chi connectivity index (χ4v) is 1.09. The first-order chi connectivity index (χ1) is 8.54. The van der Waals surface area contributed by atoms with Crippen LogP contribution in [0.15, 0.2) is 29.4 Å². The molecule has 0 saturated heterocycles. The van der Waals surface area contributed by atoms with E-state index in [0.29, 0.717) is 5.69 Å². The van der Waals surface area contributed by atoms with Gasteiger partial charge >= 0.3 is 5.97 Å². The van der Waals surface area contributed by atoms with Gasteiger partial charge in [0.25, 0.3) is 5.69 Å². The summed E-state index contributed by atoms with van der Waals surface area (Å²) in [5, 5.41) is 14.2. The molecule has 0 atom stereocenters. The molecule has 18 heavy (non-hydrogen) atoms. The first-order valence-electron chi connectivity index (χ1n) is 5.26. The molecule has 0 aromatic heterocycles. The Morgan fingerprint density at radius 1 is 1.44 bits per heavy atom. The second kappa shape index (κ2) is 6.33. The molecule has 1 N–H and O–H groups in total. The maximum absolute atomic E-state index is 11.2. The van der Waals surface area contributed by atoms with Crippen molar-refractivity contribution in [2.75, 3.05) is 12.0 Å². The van der Waals surface area contributed by atoms with Crippen molar-refractivity contribution in [3.05, 3.63) is 34.4 Å². The van der Waals surface area contributed by atoms with Gasteiger partial charge in [0, 0.05) is 12.1 Å². The average Bonchev–Trinajstić information content (AvgIpc) is 2.36. The molecule has 7 nitrogen and oxygen atoms in total. The third-order valence-electron chi connectivity index (χ3n) is 2.00. The summed E-state index contributed by atoms with van der Waals surface area (Å²) in [6, 6.07) is 5.69. The molecule has 0 spiro atoms. The predicted octanol–water partition coefficient (Wildman–Crippen LogP) is 1.95. The fraction of sp³-hybridized carbons (Fsp3) is 0.273. The Kier molecular flexibility index (Phi) is 4.79. The van der Waals surface area contributed by atoms with Crippen LogP contribution in [-0.2, 0) is 9.53 Å². The lowest BCUT2D eigenvalue weighted by molar-refractivity contribution is -0.384. The van der Waals surface area contributed by atoms with Gasteiger partial charge in [-0.25, -0.2) is 4.79 Å². The number of hydrazone groups is 1. The molecule has 0 unspecified atom stereocenters. The van der Waals surface area contributed by atoms with Crippen molar-refractivity contribution in [3.63, 3.8) is 0 Å². The van der Waals surface area contributed by atoms with E-state index >= 15 is 0 Å². The molecule has 1 rings (SSSR count). The zero-order valence-electron chi connectivity index (χ0n) is 10.0. The molecule has 1 aromatic carbocycles. The largest absolute Gasteiger partial charge is 0.461 e. The van der Waals surface area contributed by atoms with E-state index in [2.05, 4.69) is 10.5 Å². The van der Waals surface area contributed by atoms with Crippen molar-refractivity contribution in [1.82, 2.24) is 0 Å². The number of hydrogen-bond donors (Lipinski definition) is 1. The van der Waals surface area contributed by atoms with Crippen molar-refractivity contribution in [3.8, 4) is 0 Å². The number of hydrogen-bond acceptors (Lipinski definition) is 6. The van der Waals surface area contributed by atoms with Crippen LogP contribution in [0.1, 0.15) is 13.8 Å². The van der Waals surface area contributed by atoms with Crippen molar-refractivity contribution in [2.45, 2.75) is 13.8 Å². The van der Waals surface area contributed by atoms with E-state index in [1.165, 1.54) is 31.2 Å². The van der Waals surface area contributed by atoms with Crippen LogP contribution in [0.2, 0.25) is 0 Å². The first-order valence-corrected chi connectivity index (χ1v) is 5.26. The maximum atomic E-state index is 11.2. The number of nitrogens with zero attached hydrogens (tertiary/aromatic N) is 2. The van der Waals surface area contributed by atoms with Crippen LogP contribution >= 0.6 is 0 Å². The van der Waals surface area contributed by atoms with Crippen LogP contribution in [0.25, 0.3) is 0 Å². The third-order valence-corrected chi connectivity index (χ3v) is 2.00. The molecule has 0 amide bonds. The standard InChI is InChI=1S/C11H13N3O4/c1-3-18-11(15)8(2)12-13-9-4-6-10(7-5-9)14(16)17/h4-7,13H,3H2,1-2H3/b12-8-. The quantitative estimate of drug-likeness (QED) is 0.373. The summed E-state index contributed by atoms with van der Waals surface area (Å²) in [4.78, 5) is 21.2. The second-order valence-electron chi connectivity index (χ2n) is 3.33. The van der Waals surface area contributed by atoms with E-state index < -0.39 is 10.9 Å². The number of nitro benzene ring substituents is 1. The topological polar surface area (TPSA) is 93.8 Å².